The Labute approximate surface area is 99.1 Å². The second-order valence-corrected chi connectivity index (χ2v) is 5.46. The van der Waals surface area contributed by atoms with Gasteiger partial charge in [0, 0.05) is 19.2 Å². The Morgan fingerprint density at radius 3 is 2.44 bits per heavy atom. The van der Waals surface area contributed by atoms with Gasteiger partial charge in [0.05, 0.1) is 11.6 Å². The van der Waals surface area contributed by atoms with Crippen LogP contribution in [-0.4, -0.2) is 30.8 Å². The highest BCUT2D eigenvalue weighted by atomic mass is 16.5. The van der Waals surface area contributed by atoms with E-state index in [2.05, 4.69) is 12.2 Å². The fraction of sp³-hybridized carbons (Fsp3) is 1.00. The van der Waals surface area contributed by atoms with E-state index < -0.39 is 0 Å². The molecule has 1 heterocycles. The highest BCUT2D eigenvalue weighted by Crippen LogP contribution is 2.28. The molecule has 1 saturated carbocycles. The Morgan fingerprint density at radius 2 is 1.94 bits per heavy atom. The minimum atomic E-state index is 0.0506. The smallest absolute Gasteiger partial charge is 0.0741 e. The Bertz CT molecular complexity index is 214. The van der Waals surface area contributed by atoms with E-state index in [0.29, 0.717) is 12.6 Å². The van der Waals surface area contributed by atoms with E-state index >= 15 is 0 Å². The Kier molecular flexibility index (Phi) is 4.22. The molecule has 16 heavy (non-hydrogen) atoms. The van der Waals surface area contributed by atoms with Crippen molar-refractivity contribution in [3.05, 3.63) is 0 Å². The number of hydrogen-bond donors (Lipinski definition) is 2. The molecule has 2 aliphatic rings. The van der Waals surface area contributed by atoms with Gasteiger partial charge in [-0.25, -0.2) is 0 Å². The van der Waals surface area contributed by atoms with Crippen LogP contribution in [0.25, 0.3) is 0 Å². The fourth-order valence-corrected chi connectivity index (χ4v) is 3.13. The predicted octanol–water partition coefficient (Wildman–Crippen LogP) is 1.81. The van der Waals surface area contributed by atoms with Crippen LogP contribution in [-0.2, 0) is 4.74 Å². The molecule has 1 saturated heterocycles. The zero-order valence-electron chi connectivity index (χ0n) is 10.5. The van der Waals surface area contributed by atoms with Crippen LogP contribution in [0, 0.1) is 0 Å². The predicted molar refractivity (Wildman–Crippen MR) is 66.4 cm³/mol. The van der Waals surface area contributed by atoms with Crippen LogP contribution in [0.5, 0.6) is 0 Å². The minimum absolute atomic E-state index is 0.0506. The molecule has 94 valence electrons. The van der Waals surface area contributed by atoms with Gasteiger partial charge in [-0.05, 0) is 26.2 Å². The van der Waals surface area contributed by atoms with Crippen LogP contribution in [0.1, 0.15) is 51.9 Å². The van der Waals surface area contributed by atoms with E-state index in [1.165, 1.54) is 38.5 Å². The maximum Gasteiger partial charge on any atom is 0.0741 e. The average Bonchev–Trinajstić information content (AvgIpc) is 2.52. The molecule has 1 aliphatic heterocycles. The third kappa shape index (κ3) is 2.58. The second kappa shape index (κ2) is 5.48. The molecule has 0 spiro atoms. The Hall–Kier alpha value is -0.120. The first kappa shape index (κ1) is 12.3. The molecule has 3 nitrogen and oxygen atoms in total. The van der Waals surface area contributed by atoms with Crippen molar-refractivity contribution in [1.29, 1.82) is 0 Å². The van der Waals surface area contributed by atoms with Crippen molar-refractivity contribution in [3.8, 4) is 0 Å². The molecule has 1 aliphatic carbocycles. The lowest BCUT2D eigenvalue weighted by atomic mass is 9.90. The normalized spacial score (nSPS) is 37.5. The first-order chi connectivity index (χ1) is 7.77. The third-order valence-corrected chi connectivity index (χ3v) is 4.41. The minimum Gasteiger partial charge on any atom is -0.376 e. The molecule has 0 aromatic heterocycles. The van der Waals surface area contributed by atoms with Crippen LogP contribution in [0.15, 0.2) is 0 Å². The van der Waals surface area contributed by atoms with Gasteiger partial charge in [-0.1, -0.05) is 25.7 Å². The van der Waals surface area contributed by atoms with Crippen molar-refractivity contribution >= 4 is 0 Å². The van der Waals surface area contributed by atoms with Crippen LogP contribution >= 0.6 is 0 Å². The Morgan fingerprint density at radius 1 is 1.25 bits per heavy atom. The summed E-state index contributed by atoms with van der Waals surface area (Å²) in [5.74, 6) is 0. The van der Waals surface area contributed by atoms with Crippen LogP contribution in [0.3, 0.4) is 0 Å². The average molecular weight is 226 g/mol. The lowest BCUT2D eigenvalue weighted by molar-refractivity contribution is 0.0794. The molecule has 0 amide bonds. The van der Waals surface area contributed by atoms with Gasteiger partial charge in [-0.15, -0.1) is 0 Å². The molecule has 2 unspecified atom stereocenters. The molecule has 2 rings (SSSR count). The summed E-state index contributed by atoms with van der Waals surface area (Å²) in [4.78, 5) is 0. The lowest BCUT2D eigenvalue weighted by Gasteiger charge is -2.36. The Balaban J connectivity index is 1.94. The molecular formula is C13H26N2O. The topological polar surface area (TPSA) is 47.3 Å². The molecule has 0 bridgehead atoms. The third-order valence-electron chi connectivity index (χ3n) is 4.41. The summed E-state index contributed by atoms with van der Waals surface area (Å²) < 4.78 is 5.69. The molecule has 0 aromatic carbocycles. The van der Waals surface area contributed by atoms with Gasteiger partial charge < -0.3 is 15.8 Å². The van der Waals surface area contributed by atoms with E-state index in [0.717, 1.165) is 13.0 Å². The van der Waals surface area contributed by atoms with E-state index in [9.17, 15) is 0 Å². The van der Waals surface area contributed by atoms with Crippen LogP contribution in [0.2, 0.25) is 0 Å². The number of hydrogen-bond acceptors (Lipinski definition) is 3. The highest BCUT2D eigenvalue weighted by molar-refractivity contribution is 5.00. The molecule has 2 fully saturated rings. The van der Waals surface area contributed by atoms with Gasteiger partial charge in [-0.2, -0.15) is 0 Å². The summed E-state index contributed by atoms with van der Waals surface area (Å²) in [5.41, 5.74) is 6.02. The molecule has 3 N–H and O–H groups in total. The summed E-state index contributed by atoms with van der Waals surface area (Å²) in [6.07, 6.45) is 9.51. The van der Waals surface area contributed by atoms with Crippen molar-refractivity contribution in [1.82, 2.24) is 5.32 Å². The van der Waals surface area contributed by atoms with Crippen LogP contribution in [0.4, 0.5) is 0 Å². The first-order valence-electron chi connectivity index (χ1n) is 6.86. The first-order valence-corrected chi connectivity index (χ1v) is 6.86. The van der Waals surface area contributed by atoms with Crippen molar-refractivity contribution < 1.29 is 4.74 Å². The second-order valence-electron chi connectivity index (χ2n) is 5.46. The molecule has 3 heteroatoms. The van der Waals surface area contributed by atoms with Gasteiger partial charge in [-0.3, -0.25) is 0 Å². The van der Waals surface area contributed by atoms with Crippen molar-refractivity contribution in [2.24, 2.45) is 5.73 Å². The van der Waals surface area contributed by atoms with Crippen LogP contribution < -0.4 is 11.1 Å². The van der Waals surface area contributed by atoms with Gasteiger partial charge in [0.2, 0.25) is 0 Å². The molecule has 2 atom stereocenters. The van der Waals surface area contributed by atoms with Gasteiger partial charge in [0.25, 0.3) is 0 Å². The van der Waals surface area contributed by atoms with Gasteiger partial charge in [0.15, 0.2) is 0 Å². The van der Waals surface area contributed by atoms with Gasteiger partial charge >= 0.3 is 0 Å². The van der Waals surface area contributed by atoms with Gasteiger partial charge in [0.1, 0.15) is 0 Å². The molecule has 0 radical (unpaired) electrons. The van der Waals surface area contributed by atoms with Crippen molar-refractivity contribution in [2.75, 3.05) is 13.2 Å². The molecular weight excluding hydrogens is 200 g/mol. The largest absolute Gasteiger partial charge is 0.376 e. The standard InChI is InChI=1S/C13H26N2O/c1-11-13(10-14,8-9-16-11)15-12-6-4-2-3-5-7-12/h11-12,15H,2-10,14H2,1H3. The highest BCUT2D eigenvalue weighted by Gasteiger charge is 2.41. The summed E-state index contributed by atoms with van der Waals surface area (Å²) in [6.45, 7) is 3.71. The summed E-state index contributed by atoms with van der Waals surface area (Å²) >= 11 is 0. The lowest BCUT2D eigenvalue weighted by Crippen LogP contribution is -2.59. The van der Waals surface area contributed by atoms with E-state index in [1.807, 2.05) is 0 Å². The summed E-state index contributed by atoms with van der Waals surface area (Å²) in [7, 11) is 0. The number of ether oxygens (including phenoxy) is 1. The maximum absolute atomic E-state index is 5.97. The monoisotopic (exact) mass is 226 g/mol. The SMILES string of the molecule is CC1OCCC1(CN)NC1CCCCCC1. The van der Waals surface area contributed by atoms with E-state index in [1.54, 1.807) is 0 Å². The van der Waals surface area contributed by atoms with Crippen molar-refractivity contribution in [2.45, 2.75) is 69.6 Å². The van der Waals surface area contributed by atoms with E-state index in [4.69, 9.17) is 10.5 Å². The zero-order valence-corrected chi connectivity index (χ0v) is 10.5. The zero-order chi connectivity index (χ0) is 11.4. The maximum atomic E-state index is 5.97. The fourth-order valence-electron chi connectivity index (χ4n) is 3.13. The summed E-state index contributed by atoms with van der Waals surface area (Å²) in [6, 6.07) is 0.662. The number of rotatable bonds is 3. The van der Waals surface area contributed by atoms with E-state index in [-0.39, 0.29) is 11.6 Å². The van der Waals surface area contributed by atoms with Crippen molar-refractivity contribution in [3.63, 3.8) is 0 Å². The summed E-state index contributed by atoms with van der Waals surface area (Å²) in [5, 5.41) is 3.82. The number of nitrogens with two attached hydrogens (primary N) is 1. The quantitative estimate of drug-likeness (QED) is 0.721. The molecule has 0 aromatic rings. The number of nitrogens with one attached hydrogen (secondary N) is 1.